The Hall–Kier alpha value is -4.37. The van der Waals surface area contributed by atoms with Crippen molar-refractivity contribution in [3.63, 3.8) is 0 Å². The molecule has 0 spiro atoms. The first-order chi connectivity index (χ1) is 15.4. The maximum atomic E-state index is 12.5. The van der Waals surface area contributed by atoms with Crippen molar-refractivity contribution in [2.45, 2.75) is 0 Å². The summed E-state index contributed by atoms with van der Waals surface area (Å²) in [6.07, 6.45) is 0. The fourth-order valence-electron chi connectivity index (χ4n) is 2.65. The normalized spacial score (nSPS) is 10.1. The van der Waals surface area contributed by atoms with Crippen molar-refractivity contribution < 1.29 is 38.2 Å². The topological polar surface area (TPSA) is 123 Å². The molecule has 0 saturated heterocycles. The summed E-state index contributed by atoms with van der Waals surface area (Å²) >= 11 is 0. The molecule has 3 rings (SSSR count). The molecular formula is C23H19NO8. The Balaban J connectivity index is 1.80. The summed E-state index contributed by atoms with van der Waals surface area (Å²) < 4.78 is 20.5. The lowest BCUT2D eigenvalue weighted by atomic mass is 10.1. The van der Waals surface area contributed by atoms with Crippen molar-refractivity contribution in [1.82, 2.24) is 0 Å². The zero-order valence-corrected chi connectivity index (χ0v) is 17.2. The van der Waals surface area contributed by atoms with Gasteiger partial charge in [0, 0.05) is 0 Å². The molecule has 2 N–H and O–H groups in total. The van der Waals surface area contributed by atoms with Gasteiger partial charge < -0.3 is 23.8 Å². The molecule has 0 radical (unpaired) electrons. The maximum absolute atomic E-state index is 12.5. The van der Waals surface area contributed by atoms with Crippen molar-refractivity contribution in [1.29, 1.82) is 0 Å². The van der Waals surface area contributed by atoms with Gasteiger partial charge in [-0.1, -0.05) is 0 Å². The Kier molecular flexibility index (Phi) is 7.04. The van der Waals surface area contributed by atoms with Crippen LogP contribution in [-0.2, 0) is 4.74 Å². The molecule has 9 heteroatoms. The molecule has 32 heavy (non-hydrogen) atoms. The first-order valence-corrected chi connectivity index (χ1v) is 9.22. The number of esters is 3. The minimum absolute atomic E-state index is 0.0538. The van der Waals surface area contributed by atoms with E-state index in [4.69, 9.17) is 24.8 Å². The Morgan fingerprint density at radius 2 is 1.19 bits per heavy atom. The van der Waals surface area contributed by atoms with Crippen molar-refractivity contribution in [2.75, 3.05) is 14.2 Å². The number of carbonyl (C=O) groups excluding carboxylic acids is 3. The Labute approximate surface area is 183 Å². The summed E-state index contributed by atoms with van der Waals surface area (Å²) in [6.45, 7) is 0. The van der Waals surface area contributed by atoms with Crippen LogP contribution in [-0.4, -0.2) is 32.1 Å². The minimum atomic E-state index is -0.773. The summed E-state index contributed by atoms with van der Waals surface area (Å²) in [4.78, 5) is 41.6. The fourth-order valence-corrected chi connectivity index (χ4v) is 2.65. The minimum Gasteiger partial charge on any atom is -0.497 e. The molecule has 164 valence electrons. The van der Waals surface area contributed by atoms with E-state index in [0.717, 1.165) is 0 Å². The highest BCUT2D eigenvalue weighted by molar-refractivity contribution is 5.97. The smallest absolute Gasteiger partial charge is 0.343 e. The SMILES string of the molecule is COC(=O)c1cc(OC(=O)c2ccc(ON)cc2)ccc1OC(=O)c1ccc(OC)cc1. The molecule has 0 amide bonds. The number of hydrogen-bond donors (Lipinski definition) is 1. The Bertz CT molecular complexity index is 1120. The van der Waals surface area contributed by atoms with Crippen LogP contribution in [0.5, 0.6) is 23.0 Å². The molecule has 0 aliphatic carbocycles. The summed E-state index contributed by atoms with van der Waals surface area (Å²) in [7, 11) is 2.69. The van der Waals surface area contributed by atoms with Gasteiger partial charge in [-0.05, 0) is 66.7 Å². The third-order valence-electron chi connectivity index (χ3n) is 4.32. The number of ether oxygens (including phenoxy) is 4. The number of benzene rings is 3. The summed E-state index contributed by atoms with van der Waals surface area (Å²) in [6, 6.07) is 16.2. The highest BCUT2D eigenvalue weighted by Gasteiger charge is 2.20. The van der Waals surface area contributed by atoms with Crippen LogP contribution in [0.3, 0.4) is 0 Å². The average Bonchev–Trinajstić information content (AvgIpc) is 2.84. The van der Waals surface area contributed by atoms with E-state index in [1.165, 1.54) is 68.8 Å². The van der Waals surface area contributed by atoms with Gasteiger partial charge in [-0.3, -0.25) is 0 Å². The zero-order valence-electron chi connectivity index (χ0n) is 17.2. The molecule has 0 atom stereocenters. The van der Waals surface area contributed by atoms with Gasteiger partial charge in [0.05, 0.1) is 25.3 Å². The van der Waals surface area contributed by atoms with Gasteiger partial charge in [-0.25, -0.2) is 14.4 Å². The van der Waals surface area contributed by atoms with E-state index in [1.54, 1.807) is 12.1 Å². The second-order valence-electron chi connectivity index (χ2n) is 6.30. The summed E-state index contributed by atoms with van der Waals surface area (Å²) in [5.41, 5.74) is 0.397. The van der Waals surface area contributed by atoms with E-state index in [2.05, 4.69) is 4.84 Å². The lowest BCUT2D eigenvalue weighted by Crippen LogP contribution is -2.13. The molecule has 3 aromatic carbocycles. The van der Waals surface area contributed by atoms with Crippen LogP contribution in [0.25, 0.3) is 0 Å². The van der Waals surface area contributed by atoms with Crippen molar-refractivity contribution in [3.8, 4) is 23.0 Å². The van der Waals surface area contributed by atoms with Crippen LogP contribution in [0.4, 0.5) is 0 Å². The predicted molar refractivity (Wildman–Crippen MR) is 112 cm³/mol. The van der Waals surface area contributed by atoms with E-state index in [-0.39, 0.29) is 28.2 Å². The van der Waals surface area contributed by atoms with E-state index in [0.29, 0.717) is 11.5 Å². The van der Waals surface area contributed by atoms with Gasteiger partial charge in [-0.2, -0.15) is 5.90 Å². The van der Waals surface area contributed by atoms with Gasteiger partial charge in [-0.15, -0.1) is 0 Å². The Morgan fingerprint density at radius 3 is 1.72 bits per heavy atom. The second kappa shape index (κ2) is 10.1. The van der Waals surface area contributed by atoms with Gasteiger partial charge in [0.25, 0.3) is 0 Å². The predicted octanol–water partition coefficient (Wildman–Crippen LogP) is 3.17. The van der Waals surface area contributed by atoms with E-state index in [9.17, 15) is 14.4 Å². The lowest BCUT2D eigenvalue weighted by molar-refractivity contribution is 0.0589. The number of nitrogens with two attached hydrogens (primary N) is 1. The van der Waals surface area contributed by atoms with Gasteiger partial charge in [0.1, 0.15) is 28.6 Å². The first kappa shape index (κ1) is 22.3. The molecule has 0 bridgehead atoms. The van der Waals surface area contributed by atoms with Crippen LogP contribution in [0.1, 0.15) is 31.1 Å². The van der Waals surface area contributed by atoms with Crippen LogP contribution in [0, 0.1) is 0 Å². The molecule has 0 saturated carbocycles. The van der Waals surface area contributed by atoms with Gasteiger partial charge in [0.2, 0.25) is 0 Å². The van der Waals surface area contributed by atoms with Gasteiger partial charge >= 0.3 is 17.9 Å². The standard InChI is InChI=1S/C23H19NO8/c1-28-16-7-3-15(4-8-16)22(26)31-20-12-11-18(13-19(20)23(27)29-2)30-21(25)14-5-9-17(32-24)10-6-14/h3-13H,24H2,1-2H3. The van der Waals surface area contributed by atoms with Crippen LogP contribution < -0.4 is 24.9 Å². The molecule has 0 heterocycles. The quantitative estimate of drug-likeness (QED) is 0.337. The molecule has 0 aromatic heterocycles. The number of hydrogen-bond acceptors (Lipinski definition) is 9. The highest BCUT2D eigenvalue weighted by Crippen LogP contribution is 2.27. The number of methoxy groups -OCH3 is 2. The van der Waals surface area contributed by atoms with Crippen LogP contribution in [0.2, 0.25) is 0 Å². The molecule has 0 aliphatic rings. The van der Waals surface area contributed by atoms with Crippen molar-refractivity contribution in [3.05, 3.63) is 83.4 Å². The highest BCUT2D eigenvalue weighted by atomic mass is 16.6. The van der Waals surface area contributed by atoms with Crippen LogP contribution in [0.15, 0.2) is 66.7 Å². The monoisotopic (exact) mass is 437 g/mol. The third kappa shape index (κ3) is 5.21. The zero-order chi connectivity index (χ0) is 23.1. The molecule has 0 aliphatic heterocycles. The first-order valence-electron chi connectivity index (χ1n) is 9.22. The van der Waals surface area contributed by atoms with Crippen LogP contribution >= 0.6 is 0 Å². The molecule has 0 fully saturated rings. The molecule has 0 unspecified atom stereocenters. The fraction of sp³-hybridized carbons (Fsp3) is 0.0870. The third-order valence-corrected chi connectivity index (χ3v) is 4.32. The number of rotatable bonds is 7. The van der Waals surface area contributed by atoms with E-state index < -0.39 is 17.9 Å². The average molecular weight is 437 g/mol. The largest absolute Gasteiger partial charge is 0.497 e. The van der Waals surface area contributed by atoms with E-state index >= 15 is 0 Å². The summed E-state index contributed by atoms with van der Waals surface area (Å²) in [5.74, 6) is 3.87. The van der Waals surface area contributed by atoms with E-state index in [1.807, 2.05) is 0 Å². The lowest BCUT2D eigenvalue weighted by Gasteiger charge is -2.11. The second-order valence-corrected chi connectivity index (χ2v) is 6.30. The summed E-state index contributed by atoms with van der Waals surface area (Å²) in [5, 5.41) is 0. The maximum Gasteiger partial charge on any atom is 0.343 e. The molecule has 3 aromatic rings. The molecular weight excluding hydrogens is 418 g/mol. The Morgan fingerprint density at radius 1 is 0.656 bits per heavy atom. The van der Waals surface area contributed by atoms with Crippen molar-refractivity contribution in [2.24, 2.45) is 5.90 Å². The molecule has 9 nitrogen and oxygen atoms in total. The number of carbonyl (C=O) groups is 3. The van der Waals surface area contributed by atoms with Gasteiger partial charge in [0.15, 0.2) is 0 Å². The van der Waals surface area contributed by atoms with Crippen molar-refractivity contribution >= 4 is 17.9 Å².